The van der Waals surface area contributed by atoms with E-state index < -0.39 is 0 Å². The zero-order chi connectivity index (χ0) is 12.4. The molecule has 0 N–H and O–H groups in total. The molecular weight excluding hydrogens is 204 g/mol. The Morgan fingerprint density at radius 3 is 2.18 bits per heavy atom. The second kappa shape index (κ2) is 4.91. The zero-order valence-corrected chi connectivity index (χ0v) is 11.4. The van der Waals surface area contributed by atoms with Crippen molar-refractivity contribution in [1.29, 1.82) is 0 Å². The molecule has 1 aliphatic carbocycles. The topological polar surface area (TPSA) is 0 Å². The largest absolute Gasteiger partial charge is 0.0683 e. The van der Waals surface area contributed by atoms with E-state index in [4.69, 9.17) is 0 Å². The molecule has 0 spiro atoms. The molecule has 0 atom stereocenters. The highest BCUT2D eigenvalue weighted by atomic mass is 14.2. The molecule has 0 nitrogen and oxygen atoms in total. The lowest BCUT2D eigenvalue weighted by Crippen LogP contribution is -1.90. The van der Waals surface area contributed by atoms with Crippen molar-refractivity contribution in [2.45, 2.75) is 46.5 Å². The summed E-state index contributed by atoms with van der Waals surface area (Å²) >= 11 is 0. The Bertz CT molecular complexity index is 511. The van der Waals surface area contributed by atoms with Crippen LogP contribution in [-0.2, 0) is 12.8 Å². The molecule has 0 heteroatoms. The smallest absolute Gasteiger partial charge is 0.0117 e. The van der Waals surface area contributed by atoms with Crippen molar-refractivity contribution < 1.29 is 0 Å². The first-order valence-electron chi connectivity index (χ1n) is 6.81. The molecular formula is C17H22. The summed E-state index contributed by atoms with van der Waals surface area (Å²) in [6, 6.07) is 11.4. The van der Waals surface area contributed by atoms with Gasteiger partial charge in [-0.3, -0.25) is 0 Å². The summed E-state index contributed by atoms with van der Waals surface area (Å²) in [6.07, 6.45) is 2.46. The Morgan fingerprint density at radius 1 is 0.882 bits per heavy atom. The normalized spacial score (nSPS) is 12.8. The molecule has 0 saturated heterocycles. The van der Waals surface area contributed by atoms with Crippen LogP contribution < -0.4 is 0 Å². The first kappa shape index (κ1) is 12.2. The molecule has 17 heavy (non-hydrogen) atoms. The van der Waals surface area contributed by atoms with Crippen LogP contribution in [0.15, 0.2) is 30.3 Å². The highest BCUT2D eigenvalue weighted by Crippen LogP contribution is 2.35. The van der Waals surface area contributed by atoms with E-state index in [0.717, 1.165) is 0 Å². The summed E-state index contributed by atoms with van der Waals surface area (Å²) in [5.74, 6) is 0.620. The van der Waals surface area contributed by atoms with Crippen LogP contribution in [0.3, 0.4) is 0 Å². The monoisotopic (exact) mass is 226 g/mol. The number of hydrogen-bond acceptors (Lipinski definition) is 0. The van der Waals surface area contributed by atoms with Gasteiger partial charge in [-0.25, -0.2) is 0 Å². The molecule has 0 aromatic heterocycles. The fourth-order valence-electron chi connectivity index (χ4n) is 2.77. The Hall–Kier alpha value is -1.30. The molecule has 2 aromatic rings. The van der Waals surface area contributed by atoms with Gasteiger partial charge in [-0.2, -0.15) is 0 Å². The van der Waals surface area contributed by atoms with Gasteiger partial charge in [0.15, 0.2) is 0 Å². The van der Waals surface area contributed by atoms with Gasteiger partial charge in [-0.15, -0.1) is 0 Å². The van der Waals surface area contributed by atoms with E-state index in [0.29, 0.717) is 5.92 Å². The highest BCUT2D eigenvalue weighted by Gasteiger charge is 2.16. The average molecular weight is 226 g/mol. The van der Waals surface area contributed by atoms with Gasteiger partial charge >= 0.3 is 0 Å². The SMILES string of the molecule is CC.CC(C)c1ccc2c3c(cccc13)CC2. The molecule has 2 aromatic carbocycles. The van der Waals surface area contributed by atoms with Crippen molar-refractivity contribution in [2.24, 2.45) is 0 Å². The summed E-state index contributed by atoms with van der Waals surface area (Å²) in [7, 11) is 0. The number of aryl methyl sites for hydroxylation is 2. The van der Waals surface area contributed by atoms with Crippen LogP contribution in [0.4, 0.5) is 0 Å². The van der Waals surface area contributed by atoms with Gasteiger partial charge < -0.3 is 0 Å². The van der Waals surface area contributed by atoms with Crippen LogP contribution >= 0.6 is 0 Å². The van der Waals surface area contributed by atoms with Crippen molar-refractivity contribution in [3.8, 4) is 0 Å². The molecule has 0 fully saturated rings. The molecule has 0 aliphatic heterocycles. The lowest BCUT2D eigenvalue weighted by Gasteiger charge is -2.11. The zero-order valence-electron chi connectivity index (χ0n) is 11.4. The Morgan fingerprint density at radius 2 is 1.53 bits per heavy atom. The minimum Gasteiger partial charge on any atom is -0.0683 e. The quantitative estimate of drug-likeness (QED) is 0.635. The van der Waals surface area contributed by atoms with Crippen LogP contribution in [0, 0.1) is 0 Å². The number of rotatable bonds is 1. The summed E-state index contributed by atoms with van der Waals surface area (Å²) in [5.41, 5.74) is 4.59. The van der Waals surface area contributed by atoms with Gasteiger partial charge in [-0.05, 0) is 46.2 Å². The third-order valence-electron chi connectivity index (χ3n) is 3.53. The molecule has 3 rings (SSSR count). The van der Waals surface area contributed by atoms with Gasteiger partial charge in [0.2, 0.25) is 0 Å². The van der Waals surface area contributed by atoms with E-state index in [1.165, 1.54) is 23.8 Å². The van der Waals surface area contributed by atoms with Gasteiger partial charge in [0.1, 0.15) is 0 Å². The van der Waals surface area contributed by atoms with Crippen LogP contribution in [0.5, 0.6) is 0 Å². The lowest BCUT2D eigenvalue weighted by atomic mass is 9.93. The Labute approximate surface area is 105 Å². The van der Waals surface area contributed by atoms with Crippen molar-refractivity contribution in [3.63, 3.8) is 0 Å². The summed E-state index contributed by atoms with van der Waals surface area (Å²) < 4.78 is 0. The third-order valence-corrected chi connectivity index (χ3v) is 3.53. The molecule has 0 saturated carbocycles. The first-order chi connectivity index (χ1) is 8.27. The van der Waals surface area contributed by atoms with Gasteiger partial charge in [-0.1, -0.05) is 58.0 Å². The van der Waals surface area contributed by atoms with Crippen molar-refractivity contribution >= 4 is 10.8 Å². The van der Waals surface area contributed by atoms with E-state index in [-0.39, 0.29) is 0 Å². The van der Waals surface area contributed by atoms with E-state index >= 15 is 0 Å². The fraction of sp³-hybridized carbons (Fsp3) is 0.412. The van der Waals surface area contributed by atoms with E-state index in [1.54, 1.807) is 16.5 Å². The van der Waals surface area contributed by atoms with Crippen LogP contribution in [0.2, 0.25) is 0 Å². The van der Waals surface area contributed by atoms with Crippen molar-refractivity contribution in [1.82, 2.24) is 0 Å². The minimum atomic E-state index is 0.620. The standard InChI is InChI=1S/C15H16.C2H6/c1-10(2)13-9-8-12-7-6-11-4-3-5-14(13)15(11)12;1-2/h3-5,8-10H,6-7H2,1-2H3;1-2H3. The maximum absolute atomic E-state index is 2.33. The van der Waals surface area contributed by atoms with Crippen LogP contribution in [0.25, 0.3) is 10.8 Å². The molecule has 0 radical (unpaired) electrons. The van der Waals surface area contributed by atoms with Gasteiger partial charge in [0.05, 0.1) is 0 Å². The Balaban J connectivity index is 0.000000514. The number of benzene rings is 2. The average Bonchev–Trinajstić information content (AvgIpc) is 2.78. The predicted molar refractivity (Wildman–Crippen MR) is 76.8 cm³/mol. The lowest BCUT2D eigenvalue weighted by molar-refractivity contribution is 0.876. The molecule has 1 aliphatic rings. The van der Waals surface area contributed by atoms with Crippen molar-refractivity contribution in [3.05, 3.63) is 47.0 Å². The second-order valence-corrected chi connectivity index (χ2v) is 4.81. The van der Waals surface area contributed by atoms with E-state index in [1.807, 2.05) is 13.8 Å². The molecule has 90 valence electrons. The first-order valence-corrected chi connectivity index (χ1v) is 6.81. The van der Waals surface area contributed by atoms with Gasteiger partial charge in [0, 0.05) is 0 Å². The van der Waals surface area contributed by atoms with Crippen LogP contribution in [-0.4, -0.2) is 0 Å². The molecule has 0 bridgehead atoms. The maximum atomic E-state index is 2.33. The van der Waals surface area contributed by atoms with E-state index in [9.17, 15) is 0 Å². The van der Waals surface area contributed by atoms with Gasteiger partial charge in [0.25, 0.3) is 0 Å². The summed E-state index contributed by atoms with van der Waals surface area (Å²) in [6.45, 7) is 8.55. The fourth-order valence-corrected chi connectivity index (χ4v) is 2.77. The van der Waals surface area contributed by atoms with Crippen molar-refractivity contribution in [2.75, 3.05) is 0 Å². The highest BCUT2D eigenvalue weighted by molar-refractivity contribution is 5.93. The minimum absolute atomic E-state index is 0.620. The van der Waals surface area contributed by atoms with E-state index in [2.05, 4.69) is 44.2 Å². The summed E-state index contributed by atoms with van der Waals surface area (Å²) in [5, 5.41) is 3.03. The summed E-state index contributed by atoms with van der Waals surface area (Å²) in [4.78, 5) is 0. The van der Waals surface area contributed by atoms with Crippen LogP contribution in [0.1, 0.15) is 50.3 Å². The molecule has 0 heterocycles. The third kappa shape index (κ3) is 1.97. The second-order valence-electron chi connectivity index (χ2n) is 4.81. The predicted octanol–water partition coefficient (Wildman–Crippen LogP) is 5.09. The molecule has 0 amide bonds. The maximum Gasteiger partial charge on any atom is -0.0117 e. The Kier molecular flexibility index (Phi) is 3.51. The molecule has 0 unspecified atom stereocenters. The number of hydrogen-bond donors (Lipinski definition) is 0.